The van der Waals surface area contributed by atoms with Crippen LogP contribution in [0.1, 0.15) is 12.8 Å². The van der Waals surface area contributed by atoms with Gasteiger partial charge < -0.3 is 39.7 Å². The molecule has 5 heterocycles. The maximum Gasteiger partial charge on any atom is 0.399 e. The summed E-state index contributed by atoms with van der Waals surface area (Å²) in [6, 6.07) is 15.0. The third-order valence-corrected chi connectivity index (χ3v) is 9.48. The number of aromatic nitrogens is 3. The number of carbonyl (C=O) groups is 1. The smallest absolute Gasteiger partial charge is 0.377 e. The van der Waals surface area contributed by atoms with Gasteiger partial charge in [-0.1, -0.05) is 0 Å². The van der Waals surface area contributed by atoms with Crippen LogP contribution < -0.4 is 25.3 Å². The largest absolute Gasteiger partial charge is 0.399 e. The van der Waals surface area contributed by atoms with Crippen molar-refractivity contribution in [3.8, 4) is 11.4 Å². The molecule has 4 saturated heterocycles. The number of benzene rings is 2. The zero-order valence-electron chi connectivity index (χ0n) is 26.6. The van der Waals surface area contributed by atoms with Gasteiger partial charge in [0.1, 0.15) is 0 Å². The molecule has 7 rings (SSSR count). The number of ether oxygens (including phenoxy) is 2. The lowest BCUT2D eigenvalue weighted by Crippen LogP contribution is -2.48. The molecule has 3 unspecified atom stereocenters. The van der Waals surface area contributed by atoms with Gasteiger partial charge in [-0.3, -0.25) is 4.55 Å². The van der Waals surface area contributed by atoms with Crippen molar-refractivity contribution in [2.45, 2.75) is 31.2 Å². The molecule has 3 N–H and O–H groups in total. The van der Waals surface area contributed by atoms with Crippen LogP contribution in [0.2, 0.25) is 0 Å². The van der Waals surface area contributed by atoms with Gasteiger partial charge in [0.2, 0.25) is 11.9 Å². The van der Waals surface area contributed by atoms with Crippen molar-refractivity contribution in [3.05, 3.63) is 48.5 Å². The minimum absolute atomic E-state index is 0.0186. The minimum atomic E-state index is -4.71. The van der Waals surface area contributed by atoms with Crippen LogP contribution in [0.15, 0.2) is 48.5 Å². The van der Waals surface area contributed by atoms with Crippen molar-refractivity contribution >= 4 is 45.4 Å². The number of morpholine rings is 2. The van der Waals surface area contributed by atoms with Gasteiger partial charge in [-0.15, -0.1) is 0 Å². The highest BCUT2D eigenvalue weighted by molar-refractivity contribution is 7.80. The number of hydrogen-bond donors (Lipinski definition) is 3. The zero-order chi connectivity index (χ0) is 33.3. The van der Waals surface area contributed by atoms with Gasteiger partial charge >= 0.3 is 16.4 Å². The van der Waals surface area contributed by atoms with Gasteiger partial charge in [-0.2, -0.15) is 23.4 Å². The first-order valence-electron chi connectivity index (χ1n) is 16.0. The quantitative estimate of drug-likeness (QED) is 0.295. The Hall–Kier alpha value is -4.13. The van der Waals surface area contributed by atoms with E-state index in [4.69, 9.17) is 24.4 Å². The number of fused-ring (bicyclic) bond motifs is 2. The topological polar surface area (TPSA) is 175 Å². The van der Waals surface area contributed by atoms with E-state index >= 15 is 0 Å². The molecule has 4 aliphatic heterocycles. The summed E-state index contributed by atoms with van der Waals surface area (Å²) >= 11 is 0. The number of rotatable bonds is 8. The molecule has 4 fully saturated rings. The molecular formula is C31H39N9O7S. The molecule has 3 aromatic rings. The lowest BCUT2D eigenvalue weighted by Gasteiger charge is -2.36. The first kappa shape index (κ1) is 32.4. The lowest BCUT2D eigenvalue weighted by atomic mass is 10.2. The summed E-state index contributed by atoms with van der Waals surface area (Å²) in [4.78, 5) is 35.8. The average Bonchev–Trinajstić information content (AvgIpc) is 3.32. The van der Waals surface area contributed by atoms with Crippen LogP contribution in [0.3, 0.4) is 0 Å². The number of amides is 2. The van der Waals surface area contributed by atoms with Crippen LogP contribution in [0, 0.1) is 0 Å². The summed E-state index contributed by atoms with van der Waals surface area (Å²) in [5, 5.41) is 5.76. The van der Waals surface area contributed by atoms with E-state index in [0.29, 0.717) is 54.4 Å². The van der Waals surface area contributed by atoms with Crippen molar-refractivity contribution in [1.29, 1.82) is 0 Å². The second-order valence-electron chi connectivity index (χ2n) is 12.4. The molecule has 2 bridgehead atoms. The number of carbonyl (C=O) groups excluding carboxylic acids is 1. The van der Waals surface area contributed by atoms with Crippen LogP contribution >= 0.6 is 0 Å². The Kier molecular flexibility index (Phi) is 9.30. The highest BCUT2D eigenvalue weighted by atomic mass is 32.3. The number of nitrogens with one attached hydrogen (secondary N) is 2. The normalized spacial score (nSPS) is 23.3. The second-order valence-corrected chi connectivity index (χ2v) is 13.4. The molecule has 3 atom stereocenters. The van der Waals surface area contributed by atoms with E-state index in [1.165, 1.54) is 0 Å². The van der Waals surface area contributed by atoms with E-state index in [2.05, 4.69) is 36.6 Å². The molecule has 16 nitrogen and oxygen atoms in total. The molecule has 2 amide bonds. The molecule has 0 spiro atoms. The first-order valence-corrected chi connectivity index (χ1v) is 17.4. The van der Waals surface area contributed by atoms with Gasteiger partial charge in [-0.25, -0.2) is 8.98 Å². The van der Waals surface area contributed by atoms with E-state index in [9.17, 15) is 17.8 Å². The van der Waals surface area contributed by atoms with E-state index in [1.807, 2.05) is 36.4 Å². The lowest BCUT2D eigenvalue weighted by molar-refractivity contribution is -0.0876. The standard InChI is InChI=1S/C31H39N9O7S/c1-37-12-14-38(15-13-37)24-8-6-23(7-9-24)33-31(41)32-22-4-2-21(3-5-22)28-34-29(39-16-17-46-27(18-39)47-48(42,43)44)36-30(35-28)40-25-10-11-26(40)20-45-19-25/h2-9,25-27H,10-20H2,1H3,(H2,32,33,41)(H,42,43,44). The Balaban J connectivity index is 1.06. The first-order chi connectivity index (χ1) is 23.2. The third kappa shape index (κ3) is 7.61. The molecule has 17 heteroatoms. The Bertz CT molecular complexity index is 1690. The Morgan fingerprint density at radius 1 is 0.854 bits per heavy atom. The predicted molar refractivity (Wildman–Crippen MR) is 179 cm³/mol. The summed E-state index contributed by atoms with van der Waals surface area (Å²) < 4.78 is 47.6. The van der Waals surface area contributed by atoms with Gasteiger partial charge in [-0.05, 0) is 68.4 Å². The number of hydrogen-bond acceptors (Lipinski definition) is 13. The summed E-state index contributed by atoms with van der Waals surface area (Å²) in [6.07, 6.45) is 0.709. The molecule has 0 radical (unpaired) electrons. The highest BCUT2D eigenvalue weighted by Gasteiger charge is 2.40. The van der Waals surface area contributed by atoms with E-state index in [1.54, 1.807) is 17.0 Å². The van der Waals surface area contributed by atoms with E-state index in [-0.39, 0.29) is 31.3 Å². The minimum Gasteiger partial charge on any atom is -0.377 e. The van der Waals surface area contributed by atoms with Gasteiger partial charge in [0.15, 0.2) is 12.1 Å². The molecule has 2 aromatic carbocycles. The average molecular weight is 682 g/mol. The van der Waals surface area contributed by atoms with Crippen molar-refractivity contribution in [2.75, 3.05) is 91.5 Å². The van der Waals surface area contributed by atoms with E-state index in [0.717, 1.165) is 44.7 Å². The summed E-state index contributed by atoms with van der Waals surface area (Å²) in [7, 11) is -2.59. The van der Waals surface area contributed by atoms with Crippen LogP contribution in [0.25, 0.3) is 11.4 Å². The van der Waals surface area contributed by atoms with Crippen LogP contribution in [-0.4, -0.2) is 123 Å². The molecule has 48 heavy (non-hydrogen) atoms. The number of nitrogens with zero attached hydrogens (tertiary/aromatic N) is 7. The molecule has 0 aliphatic carbocycles. The van der Waals surface area contributed by atoms with Gasteiger partial charge in [0, 0.05) is 55.3 Å². The SMILES string of the molecule is CN1CCN(c2ccc(NC(=O)Nc3ccc(-c4nc(N5CCOC(OS(=O)(=O)O)C5)nc(N5C6CCC5COC6)n4)cc3)cc2)CC1. The van der Waals surface area contributed by atoms with Crippen molar-refractivity contribution in [3.63, 3.8) is 0 Å². The Labute approximate surface area is 278 Å². The fraction of sp³-hybridized carbons (Fsp3) is 0.484. The molecule has 0 saturated carbocycles. The molecular weight excluding hydrogens is 642 g/mol. The summed E-state index contributed by atoms with van der Waals surface area (Å²) in [6.45, 7) is 5.65. The molecule has 256 valence electrons. The van der Waals surface area contributed by atoms with Crippen LogP contribution in [0.4, 0.5) is 33.8 Å². The van der Waals surface area contributed by atoms with Gasteiger partial charge in [0.25, 0.3) is 0 Å². The van der Waals surface area contributed by atoms with Gasteiger partial charge in [0.05, 0.1) is 38.4 Å². The maximum absolute atomic E-state index is 12.8. The van der Waals surface area contributed by atoms with Crippen molar-refractivity contribution in [2.24, 2.45) is 0 Å². The number of anilines is 5. The zero-order valence-corrected chi connectivity index (χ0v) is 27.4. The summed E-state index contributed by atoms with van der Waals surface area (Å²) in [5.74, 6) is 1.24. The Morgan fingerprint density at radius 2 is 1.48 bits per heavy atom. The molecule has 1 aromatic heterocycles. The van der Waals surface area contributed by atoms with Crippen molar-refractivity contribution < 1.29 is 31.4 Å². The fourth-order valence-electron chi connectivity index (χ4n) is 6.51. The monoisotopic (exact) mass is 681 g/mol. The summed E-state index contributed by atoms with van der Waals surface area (Å²) in [5.41, 5.74) is 3.11. The fourth-order valence-corrected chi connectivity index (χ4v) is 6.89. The van der Waals surface area contributed by atoms with Crippen molar-refractivity contribution in [1.82, 2.24) is 19.9 Å². The third-order valence-electron chi connectivity index (χ3n) is 9.02. The van der Waals surface area contributed by atoms with Crippen LogP contribution in [-0.2, 0) is 24.1 Å². The van der Waals surface area contributed by atoms with E-state index < -0.39 is 16.7 Å². The maximum atomic E-state index is 12.8. The second kappa shape index (κ2) is 13.8. The number of piperazine rings is 1. The Morgan fingerprint density at radius 3 is 2.12 bits per heavy atom. The molecule has 4 aliphatic rings. The highest BCUT2D eigenvalue weighted by Crippen LogP contribution is 2.34. The number of urea groups is 1. The number of likely N-dealkylation sites (N-methyl/N-ethyl adjacent to an activating group) is 1. The predicted octanol–water partition coefficient (Wildman–Crippen LogP) is 2.28. The van der Waals surface area contributed by atoms with Crippen LogP contribution in [0.5, 0.6) is 0 Å².